The average molecular weight is 226 g/mol. The summed E-state index contributed by atoms with van der Waals surface area (Å²) in [4.78, 5) is 16.4. The number of thiazole rings is 1. The number of fused-ring (bicyclic) bond motifs is 1. The lowest BCUT2D eigenvalue weighted by Gasteiger charge is -2.02. The van der Waals surface area contributed by atoms with Crippen molar-refractivity contribution < 1.29 is 9.90 Å². The van der Waals surface area contributed by atoms with E-state index in [0.29, 0.717) is 6.42 Å². The van der Waals surface area contributed by atoms with E-state index >= 15 is 0 Å². The van der Waals surface area contributed by atoms with E-state index in [9.17, 15) is 4.79 Å². The zero-order valence-corrected chi connectivity index (χ0v) is 9.43. The maximum absolute atomic E-state index is 10.9. The predicted molar refractivity (Wildman–Crippen MR) is 59.6 cm³/mol. The molecule has 0 saturated heterocycles. The van der Waals surface area contributed by atoms with Crippen LogP contribution < -0.4 is 5.32 Å². The third-order valence-corrected chi connectivity index (χ3v) is 3.63. The lowest BCUT2D eigenvalue weighted by Crippen LogP contribution is -2.09. The monoisotopic (exact) mass is 226 g/mol. The summed E-state index contributed by atoms with van der Waals surface area (Å²) in [7, 11) is 0. The maximum atomic E-state index is 10.9. The third-order valence-electron chi connectivity index (χ3n) is 2.54. The Hall–Kier alpha value is -1.10. The van der Waals surface area contributed by atoms with Crippen LogP contribution >= 0.6 is 11.3 Å². The van der Waals surface area contributed by atoms with Crippen molar-refractivity contribution in [3.8, 4) is 0 Å². The minimum absolute atomic E-state index is 0.381. The summed E-state index contributed by atoms with van der Waals surface area (Å²) < 4.78 is 0. The third kappa shape index (κ3) is 1.97. The summed E-state index contributed by atoms with van der Waals surface area (Å²) in [6.45, 7) is 2.98. The Kier molecular flexibility index (Phi) is 2.90. The minimum Gasteiger partial charge on any atom is -0.481 e. The Labute approximate surface area is 92.3 Å². The van der Waals surface area contributed by atoms with E-state index in [0.717, 1.165) is 35.1 Å². The smallest absolute Gasteiger partial charge is 0.312 e. The van der Waals surface area contributed by atoms with E-state index in [2.05, 4.69) is 17.2 Å². The van der Waals surface area contributed by atoms with Gasteiger partial charge in [0.25, 0.3) is 0 Å². The fraction of sp³-hybridized carbons (Fsp3) is 0.600. The molecule has 5 heteroatoms. The van der Waals surface area contributed by atoms with Crippen molar-refractivity contribution in [2.75, 3.05) is 11.9 Å². The van der Waals surface area contributed by atoms with Gasteiger partial charge in [-0.05, 0) is 19.3 Å². The van der Waals surface area contributed by atoms with Crippen LogP contribution in [0.3, 0.4) is 0 Å². The molecule has 1 aliphatic rings. The predicted octanol–water partition coefficient (Wildman–Crippen LogP) is 2.08. The molecule has 0 spiro atoms. The summed E-state index contributed by atoms with van der Waals surface area (Å²) in [6.07, 6.45) is 2.61. The highest BCUT2D eigenvalue weighted by Gasteiger charge is 2.32. The molecule has 15 heavy (non-hydrogen) atoms. The van der Waals surface area contributed by atoms with Gasteiger partial charge in [-0.25, -0.2) is 4.98 Å². The molecule has 2 N–H and O–H groups in total. The number of carbonyl (C=O) groups is 1. The molecule has 2 rings (SSSR count). The van der Waals surface area contributed by atoms with Gasteiger partial charge in [-0.15, -0.1) is 11.3 Å². The molecular weight excluding hydrogens is 212 g/mol. The number of nitrogens with one attached hydrogen (secondary N) is 1. The first-order valence-electron chi connectivity index (χ1n) is 5.18. The van der Waals surface area contributed by atoms with Gasteiger partial charge in [0.1, 0.15) is 5.92 Å². The molecule has 1 unspecified atom stereocenters. The van der Waals surface area contributed by atoms with Gasteiger partial charge in [-0.3, -0.25) is 4.79 Å². The standard InChI is InChI=1S/C10H14N2O2S/c1-2-5-11-10-12-8-6(9(13)14)3-4-7(8)15-10/h6H,2-5H2,1H3,(H,11,12)(H,13,14). The van der Waals surface area contributed by atoms with Crippen molar-refractivity contribution in [3.05, 3.63) is 10.6 Å². The molecule has 0 amide bonds. The molecule has 0 aromatic carbocycles. The topological polar surface area (TPSA) is 62.2 Å². The lowest BCUT2D eigenvalue weighted by molar-refractivity contribution is -0.138. The van der Waals surface area contributed by atoms with E-state index in [1.807, 2.05) is 0 Å². The Morgan fingerprint density at radius 3 is 3.20 bits per heavy atom. The molecule has 0 radical (unpaired) electrons. The van der Waals surface area contributed by atoms with Gasteiger partial charge in [-0.1, -0.05) is 6.92 Å². The largest absolute Gasteiger partial charge is 0.481 e. The molecule has 4 nitrogen and oxygen atoms in total. The second kappa shape index (κ2) is 4.18. The highest BCUT2D eigenvalue weighted by molar-refractivity contribution is 7.15. The number of aliphatic carboxylic acids is 1. The van der Waals surface area contributed by atoms with Crippen molar-refractivity contribution in [3.63, 3.8) is 0 Å². The minimum atomic E-state index is -0.749. The number of hydrogen-bond donors (Lipinski definition) is 2. The van der Waals surface area contributed by atoms with Crippen LogP contribution in [0.2, 0.25) is 0 Å². The van der Waals surface area contributed by atoms with Crippen molar-refractivity contribution in [1.82, 2.24) is 4.98 Å². The maximum Gasteiger partial charge on any atom is 0.312 e. The van der Waals surface area contributed by atoms with E-state index in [-0.39, 0.29) is 5.92 Å². The van der Waals surface area contributed by atoms with Gasteiger partial charge in [0.2, 0.25) is 0 Å². The van der Waals surface area contributed by atoms with Crippen LogP contribution in [-0.4, -0.2) is 22.6 Å². The normalized spacial score (nSPS) is 18.9. The van der Waals surface area contributed by atoms with Gasteiger partial charge in [0, 0.05) is 11.4 Å². The molecule has 0 bridgehead atoms. The van der Waals surface area contributed by atoms with Gasteiger partial charge in [0.15, 0.2) is 5.13 Å². The fourth-order valence-corrected chi connectivity index (χ4v) is 2.84. The summed E-state index contributed by atoms with van der Waals surface area (Å²) >= 11 is 1.60. The molecule has 82 valence electrons. The number of carboxylic acids is 1. The quantitative estimate of drug-likeness (QED) is 0.825. The van der Waals surface area contributed by atoms with Crippen molar-refractivity contribution in [2.24, 2.45) is 0 Å². The average Bonchev–Trinajstić information content (AvgIpc) is 2.72. The van der Waals surface area contributed by atoms with Crippen LogP contribution in [-0.2, 0) is 11.2 Å². The molecule has 1 atom stereocenters. The Bertz CT molecular complexity index is 375. The van der Waals surface area contributed by atoms with Crippen LogP contribution in [0.25, 0.3) is 0 Å². The molecule has 0 aliphatic heterocycles. The summed E-state index contributed by atoms with van der Waals surface area (Å²) in [5, 5.41) is 13.1. The van der Waals surface area contributed by atoms with Crippen molar-refractivity contribution in [1.29, 1.82) is 0 Å². The zero-order valence-electron chi connectivity index (χ0n) is 8.62. The SMILES string of the molecule is CCCNc1nc2c(s1)CCC2C(=O)O. The summed E-state index contributed by atoms with van der Waals surface area (Å²) in [6, 6.07) is 0. The summed E-state index contributed by atoms with van der Waals surface area (Å²) in [5.41, 5.74) is 0.783. The first-order valence-corrected chi connectivity index (χ1v) is 6.00. The Balaban J connectivity index is 2.15. The molecule has 0 fully saturated rings. The second-order valence-corrected chi connectivity index (χ2v) is 4.77. The molecular formula is C10H14N2O2S. The Morgan fingerprint density at radius 2 is 2.53 bits per heavy atom. The lowest BCUT2D eigenvalue weighted by atomic mass is 10.1. The number of carboxylic acid groups (broad SMARTS) is 1. The number of aryl methyl sites for hydroxylation is 1. The highest BCUT2D eigenvalue weighted by Crippen LogP contribution is 2.38. The molecule has 0 saturated carbocycles. The summed E-state index contributed by atoms with van der Waals surface area (Å²) in [5.74, 6) is -1.13. The second-order valence-electron chi connectivity index (χ2n) is 3.68. The van der Waals surface area contributed by atoms with E-state index in [1.54, 1.807) is 11.3 Å². The number of rotatable bonds is 4. The van der Waals surface area contributed by atoms with Crippen LogP contribution in [0.15, 0.2) is 0 Å². The number of anilines is 1. The number of hydrogen-bond acceptors (Lipinski definition) is 4. The first-order chi connectivity index (χ1) is 7.22. The van der Waals surface area contributed by atoms with Gasteiger partial charge in [0.05, 0.1) is 5.69 Å². The van der Waals surface area contributed by atoms with Crippen LogP contribution in [0.5, 0.6) is 0 Å². The van der Waals surface area contributed by atoms with E-state index in [4.69, 9.17) is 5.11 Å². The highest BCUT2D eigenvalue weighted by atomic mass is 32.1. The van der Waals surface area contributed by atoms with Crippen LogP contribution in [0.1, 0.15) is 36.3 Å². The molecule has 1 aliphatic carbocycles. The van der Waals surface area contributed by atoms with E-state index in [1.165, 1.54) is 0 Å². The number of aromatic nitrogens is 1. The fourth-order valence-electron chi connectivity index (χ4n) is 1.78. The van der Waals surface area contributed by atoms with Gasteiger partial charge >= 0.3 is 5.97 Å². The van der Waals surface area contributed by atoms with E-state index < -0.39 is 5.97 Å². The molecule has 1 aromatic rings. The first kappa shape index (κ1) is 10.4. The number of nitrogens with zero attached hydrogens (tertiary/aromatic N) is 1. The van der Waals surface area contributed by atoms with Crippen molar-refractivity contribution >= 4 is 22.4 Å². The van der Waals surface area contributed by atoms with Crippen LogP contribution in [0, 0.1) is 0 Å². The molecule has 1 aromatic heterocycles. The van der Waals surface area contributed by atoms with Gasteiger partial charge < -0.3 is 10.4 Å². The van der Waals surface area contributed by atoms with Crippen molar-refractivity contribution in [2.45, 2.75) is 32.1 Å². The Morgan fingerprint density at radius 1 is 1.73 bits per heavy atom. The zero-order chi connectivity index (χ0) is 10.8. The molecule has 1 heterocycles. The van der Waals surface area contributed by atoms with Crippen LogP contribution in [0.4, 0.5) is 5.13 Å². The van der Waals surface area contributed by atoms with Gasteiger partial charge in [-0.2, -0.15) is 0 Å².